The highest BCUT2D eigenvalue weighted by Crippen LogP contribution is 2.25. The molecule has 0 aliphatic carbocycles. The van der Waals surface area contributed by atoms with Gasteiger partial charge in [0.25, 0.3) is 0 Å². The monoisotopic (exact) mass is 306 g/mol. The van der Waals surface area contributed by atoms with Crippen LogP contribution in [-0.4, -0.2) is 26.4 Å². The molecule has 1 N–H and O–H groups in total. The molecule has 5 nitrogen and oxygen atoms in total. The number of imidazole rings is 1. The van der Waals surface area contributed by atoms with E-state index in [1.807, 2.05) is 10.6 Å². The van der Waals surface area contributed by atoms with Crippen LogP contribution in [0, 0.1) is 5.82 Å². The van der Waals surface area contributed by atoms with Gasteiger partial charge in [-0.1, -0.05) is 11.8 Å². The Bertz CT molecular complexity index is 783. The topological polar surface area (TPSA) is 68.3 Å². The number of nitrogens with zero attached hydrogens (tertiary/aromatic N) is 2. The Hall–Kier alpha value is -2.28. The second-order valence-electron chi connectivity index (χ2n) is 4.43. The number of furan rings is 1. The molecule has 0 aliphatic rings. The van der Waals surface area contributed by atoms with E-state index in [9.17, 15) is 9.18 Å². The highest BCUT2D eigenvalue weighted by molar-refractivity contribution is 7.99. The Balaban J connectivity index is 2.03. The van der Waals surface area contributed by atoms with E-state index < -0.39 is 5.97 Å². The largest absolute Gasteiger partial charge is 0.481 e. The van der Waals surface area contributed by atoms with Crippen molar-refractivity contribution in [2.45, 2.75) is 11.7 Å². The summed E-state index contributed by atoms with van der Waals surface area (Å²) in [5.41, 5.74) is 2.19. The van der Waals surface area contributed by atoms with Crippen LogP contribution in [0.5, 0.6) is 0 Å². The molecule has 0 radical (unpaired) electrons. The normalized spacial score (nSPS) is 11.1. The first-order chi connectivity index (χ1) is 10.1. The van der Waals surface area contributed by atoms with Gasteiger partial charge in [-0.15, -0.1) is 0 Å². The Kier molecular flexibility index (Phi) is 3.66. The van der Waals surface area contributed by atoms with Crippen molar-refractivity contribution in [2.75, 3.05) is 5.75 Å². The molecular weight excluding hydrogens is 295 g/mol. The van der Waals surface area contributed by atoms with Gasteiger partial charge in [-0.25, -0.2) is 9.37 Å². The van der Waals surface area contributed by atoms with Gasteiger partial charge in [0.2, 0.25) is 0 Å². The van der Waals surface area contributed by atoms with Gasteiger partial charge in [0.15, 0.2) is 5.16 Å². The Labute approximate surface area is 123 Å². The molecule has 3 rings (SSSR count). The summed E-state index contributed by atoms with van der Waals surface area (Å²) in [6.45, 7) is 0.487. The standard InChI is InChI=1S/C14H11FN2O3S/c15-10-1-2-12-11(5-10)16-14(21-8-13(18)19)17(12)6-9-3-4-20-7-9/h1-5,7H,6,8H2,(H,18,19). The zero-order valence-electron chi connectivity index (χ0n) is 10.8. The van der Waals surface area contributed by atoms with E-state index in [1.54, 1.807) is 18.6 Å². The Morgan fingerprint density at radius 3 is 3.00 bits per heavy atom. The minimum atomic E-state index is -0.923. The Morgan fingerprint density at radius 1 is 1.43 bits per heavy atom. The minimum Gasteiger partial charge on any atom is -0.481 e. The lowest BCUT2D eigenvalue weighted by molar-refractivity contribution is -0.133. The molecule has 0 fully saturated rings. The minimum absolute atomic E-state index is 0.100. The quantitative estimate of drug-likeness (QED) is 0.734. The Morgan fingerprint density at radius 2 is 2.29 bits per heavy atom. The third kappa shape index (κ3) is 2.92. The predicted octanol–water partition coefficient (Wildman–Crippen LogP) is 2.99. The fraction of sp³-hybridized carbons (Fsp3) is 0.143. The van der Waals surface area contributed by atoms with Crippen LogP contribution in [0.1, 0.15) is 5.56 Å². The van der Waals surface area contributed by atoms with Crippen LogP contribution >= 0.6 is 11.8 Å². The summed E-state index contributed by atoms with van der Waals surface area (Å²) in [7, 11) is 0. The first-order valence-electron chi connectivity index (χ1n) is 6.15. The summed E-state index contributed by atoms with van der Waals surface area (Å²) in [5.74, 6) is -1.39. The van der Waals surface area contributed by atoms with Gasteiger partial charge in [-0.3, -0.25) is 4.79 Å². The number of halogens is 1. The lowest BCUT2D eigenvalue weighted by Gasteiger charge is -2.06. The second-order valence-corrected chi connectivity index (χ2v) is 5.37. The van der Waals surface area contributed by atoms with Gasteiger partial charge in [-0.05, 0) is 18.2 Å². The number of aromatic nitrogens is 2. The molecule has 0 saturated heterocycles. The van der Waals surface area contributed by atoms with Crippen LogP contribution < -0.4 is 0 Å². The summed E-state index contributed by atoms with van der Waals surface area (Å²) in [6.07, 6.45) is 3.18. The molecule has 2 aromatic heterocycles. The molecule has 0 amide bonds. The first-order valence-corrected chi connectivity index (χ1v) is 7.13. The predicted molar refractivity (Wildman–Crippen MR) is 75.9 cm³/mol. The highest BCUT2D eigenvalue weighted by Gasteiger charge is 2.14. The van der Waals surface area contributed by atoms with E-state index in [0.717, 1.165) is 22.8 Å². The van der Waals surface area contributed by atoms with Crippen LogP contribution in [0.25, 0.3) is 11.0 Å². The lowest BCUT2D eigenvalue weighted by atomic mass is 10.3. The van der Waals surface area contributed by atoms with E-state index in [0.29, 0.717) is 17.2 Å². The fourth-order valence-corrected chi connectivity index (χ4v) is 2.77. The van der Waals surface area contributed by atoms with Crippen LogP contribution in [0.15, 0.2) is 46.4 Å². The maximum atomic E-state index is 13.3. The third-order valence-corrected chi connectivity index (χ3v) is 3.88. The van der Waals surface area contributed by atoms with Gasteiger partial charge in [0, 0.05) is 11.6 Å². The molecule has 21 heavy (non-hydrogen) atoms. The van der Waals surface area contributed by atoms with Crippen molar-refractivity contribution in [3.8, 4) is 0 Å². The average molecular weight is 306 g/mol. The highest BCUT2D eigenvalue weighted by atomic mass is 32.2. The third-order valence-electron chi connectivity index (χ3n) is 2.92. The molecule has 3 aromatic rings. The van der Waals surface area contributed by atoms with E-state index >= 15 is 0 Å². The molecule has 0 spiro atoms. The van der Waals surface area contributed by atoms with Crippen molar-refractivity contribution in [3.05, 3.63) is 48.2 Å². The van der Waals surface area contributed by atoms with Crippen molar-refractivity contribution in [3.63, 3.8) is 0 Å². The number of rotatable bonds is 5. The molecular formula is C14H11FN2O3S. The number of thioether (sulfide) groups is 1. The molecule has 0 atom stereocenters. The SMILES string of the molecule is O=C(O)CSc1nc2cc(F)ccc2n1Cc1ccoc1. The number of carboxylic acids is 1. The number of carboxylic acid groups (broad SMARTS) is 1. The summed E-state index contributed by atoms with van der Waals surface area (Å²) in [6, 6.07) is 6.16. The van der Waals surface area contributed by atoms with E-state index in [4.69, 9.17) is 9.52 Å². The summed E-state index contributed by atoms with van der Waals surface area (Å²) >= 11 is 1.11. The van der Waals surface area contributed by atoms with Gasteiger partial charge in [-0.2, -0.15) is 0 Å². The molecule has 0 unspecified atom stereocenters. The number of benzene rings is 1. The second kappa shape index (κ2) is 5.61. The first kappa shape index (κ1) is 13.7. The van der Waals surface area contributed by atoms with Gasteiger partial charge >= 0.3 is 5.97 Å². The molecule has 0 aliphatic heterocycles. The molecule has 0 saturated carbocycles. The lowest BCUT2D eigenvalue weighted by Crippen LogP contribution is -2.04. The van der Waals surface area contributed by atoms with Crippen molar-refractivity contribution < 1.29 is 18.7 Å². The zero-order valence-corrected chi connectivity index (χ0v) is 11.6. The number of fused-ring (bicyclic) bond motifs is 1. The van der Waals surface area contributed by atoms with Crippen LogP contribution in [0.4, 0.5) is 4.39 Å². The fourth-order valence-electron chi connectivity index (χ4n) is 2.04. The van der Waals surface area contributed by atoms with Gasteiger partial charge < -0.3 is 14.1 Å². The van der Waals surface area contributed by atoms with Gasteiger partial charge in [0.1, 0.15) is 5.82 Å². The number of carbonyl (C=O) groups is 1. The van der Waals surface area contributed by atoms with E-state index in [-0.39, 0.29) is 11.6 Å². The summed E-state index contributed by atoms with van der Waals surface area (Å²) in [5, 5.41) is 9.35. The van der Waals surface area contributed by atoms with Gasteiger partial charge in [0.05, 0.1) is 35.9 Å². The molecule has 108 valence electrons. The molecule has 7 heteroatoms. The average Bonchev–Trinajstić information content (AvgIpc) is 3.05. The van der Waals surface area contributed by atoms with Crippen LogP contribution in [-0.2, 0) is 11.3 Å². The maximum absolute atomic E-state index is 13.3. The maximum Gasteiger partial charge on any atom is 0.313 e. The number of aliphatic carboxylic acids is 1. The van der Waals surface area contributed by atoms with Crippen LogP contribution in [0.2, 0.25) is 0 Å². The van der Waals surface area contributed by atoms with E-state index in [1.165, 1.54) is 12.1 Å². The zero-order chi connectivity index (χ0) is 14.8. The number of hydrogen-bond donors (Lipinski definition) is 1. The molecule has 1 aromatic carbocycles. The number of hydrogen-bond acceptors (Lipinski definition) is 4. The van der Waals surface area contributed by atoms with Crippen LogP contribution in [0.3, 0.4) is 0 Å². The van der Waals surface area contributed by atoms with E-state index in [2.05, 4.69) is 4.98 Å². The summed E-state index contributed by atoms with van der Waals surface area (Å²) in [4.78, 5) is 15.1. The van der Waals surface area contributed by atoms with Crippen molar-refractivity contribution in [1.29, 1.82) is 0 Å². The van der Waals surface area contributed by atoms with Crippen molar-refractivity contribution in [1.82, 2.24) is 9.55 Å². The van der Waals surface area contributed by atoms with Crippen molar-refractivity contribution >= 4 is 28.8 Å². The summed E-state index contributed by atoms with van der Waals surface area (Å²) < 4.78 is 20.2. The molecule has 0 bridgehead atoms. The molecule has 2 heterocycles. The van der Waals surface area contributed by atoms with Crippen molar-refractivity contribution in [2.24, 2.45) is 0 Å². The smallest absolute Gasteiger partial charge is 0.313 e.